The van der Waals surface area contributed by atoms with Gasteiger partial charge in [0.05, 0.1) is 11.3 Å². The first-order valence-corrected chi connectivity index (χ1v) is 9.57. The summed E-state index contributed by atoms with van der Waals surface area (Å²) in [5.74, 6) is -1.14. The van der Waals surface area contributed by atoms with E-state index in [2.05, 4.69) is 10.4 Å². The number of nitrogens with zero attached hydrogens (tertiary/aromatic N) is 3. The van der Waals surface area contributed by atoms with Gasteiger partial charge in [-0.3, -0.25) is 14.3 Å². The van der Waals surface area contributed by atoms with Gasteiger partial charge in [-0.2, -0.15) is 18.3 Å². The number of alkyl halides is 3. The van der Waals surface area contributed by atoms with Crippen LogP contribution in [-0.4, -0.2) is 40.5 Å². The van der Waals surface area contributed by atoms with Crippen LogP contribution in [0.3, 0.4) is 0 Å². The van der Waals surface area contributed by atoms with E-state index in [0.717, 1.165) is 18.2 Å². The molecule has 0 spiro atoms. The standard InChI is InChI=1S/C23H21F3N4O2/c1-29(2)14-20(21(31)15-7-5-4-6-8-15)27-22(32)16-9-10-18(23(24,25)26)17(13-16)19-11-12-30(3)28-19/h4-14H,1-3H3,(H,27,32)/b20-14+. The van der Waals surface area contributed by atoms with Crippen LogP contribution in [0.5, 0.6) is 0 Å². The Labute approximate surface area is 183 Å². The number of aryl methyl sites for hydroxylation is 1. The second-order valence-electron chi connectivity index (χ2n) is 7.29. The van der Waals surface area contributed by atoms with E-state index in [9.17, 15) is 22.8 Å². The lowest BCUT2D eigenvalue weighted by atomic mass is 10.00. The number of halogens is 3. The van der Waals surface area contributed by atoms with Crippen molar-refractivity contribution in [2.75, 3.05) is 14.1 Å². The molecule has 3 aromatic rings. The molecule has 0 fully saturated rings. The highest BCUT2D eigenvalue weighted by molar-refractivity contribution is 6.11. The first-order chi connectivity index (χ1) is 15.1. The average Bonchev–Trinajstić information content (AvgIpc) is 3.18. The molecule has 0 radical (unpaired) electrons. The molecule has 1 amide bonds. The van der Waals surface area contributed by atoms with E-state index in [1.807, 2.05) is 0 Å². The summed E-state index contributed by atoms with van der Waals surface area (Å²) in [5.41, 5.74) is -0.730. The highest BCUT2D eigenvalue weighted by Gasteiger charge is 2.34. The fourth-order valence-electron chi connectivity index (χ4n) is 3.05. The normalized spacial score (nSPS) is 11.9. The van der Waals surface area contributed by atoms with Crippen LogP contribution in [0.1, 0.15) is 26.3 Å². The van der Waals surface area contributed by atoms with Crippen LogP contribution in [0, 0.1) is 0 Å². The third-order valence-corrected chi connectivity index (χ3v) is 4.49. The molecule has 1 aromatic heterocycles. The molecule has 0 aliphatic carbocycles. The van der Waals surface area contributed by atoms with E-state index in [1.165, 1.54) is 23.1 Å². The first-order valence-electron chi connectivity index (χ1n) is 9.57. The summed E-state index contributed by atoms with van der Waals surface area (Å²) < 4.78 is 42.0. The zero-order chi connectivity index (χ0) is 23.5. The molecular formula is C23H21F3N4O2. The van der Waals surface area contributed by atoms with Gasteiger partial charge >= 0.3 is 6.18 Å². The molecule has 1 heterocycles. The van der Waals surface area contributed by atoms with E-state index in [1.54, 1.807) is 56.4 Å². The fourth-order valence-corrected chi connectivity index (χ4v) is 3.05. The number of carbonyl (C=O) groups is 2. The van der Waals surface area contributed by atoms with Gasteiger partial charge in [-0.15, -0.1) is 0 Å². The molecule has 2 aromatic carbocycles. The zero-order valence-electron chi connectivity index (χ0n) is 17.6. The van der Waals surface area contributed by atoms with Gasteiger partial charge < -0.3 is 10.2 Å². The van der Waals surface area contributed by atoms with Crippen LogP contribution >= 0.6 is 0 Å². The van der Waals surface area contributed by atoms with Crippen molar-refractivity contribution in [3.63, 3.8) is 0 Å². The van der Waals surface area contributed by atoms with Crippen molar-refractivity contribution < 1.29 is 22.8 Å². The van der Waals surface area contributed by atoms with Crippen LogP contribution < -0.4 is 5.32 Å². The second kappa shape index (κ2) is 9.09. The van der Waals surface area contributed by atoms with Crippen LogP contribution in [0.2, 0.25) is 0 Å². The van der Waals surface area contributed by atoms with Crippen LogP contribution in [0.15, 0.2) is 72.7 Å². The van der Waals surface area contributed by atoms with E-state index in [4.69, 9.17) is 0 Å². The number of allylic oxidation sites excluding steroid dienone is 1. The minimum atomic E-state index is -4.62. The van der Waals surface area contributed by atoms with Gasteiger partial charge in [0, 0.05) is 50.2 Å². The molecule has 6 nitrogen and oxygen atoms in total. The highest BCUT2D eigenvalue weighted by Crippen LogP contribution is 2.37. The van der Waals surface area contributed by atoms with Crippen molar-refractivity contribution in [1.82, 2.24) is 20.0 Å². The Morgan fingerprint density at radius 3 is 2.28 bits per heavy atom. The molecule has 0 bridgehead atoms. The first kappa shape index (κ1) is 22.8. The lowest BCUT2D eigenvalue weighted by Crippen LogP contribution is -2.29. The predicted octanol–water partition coefficient (Wildman–Crippen LogP) is 4.12. The molecule has 0 unspecified atom stereocenters. The number of benzene rings is 2. The number of hydrogen-bond donors (Lipinski definition) is 1. The van der Waals surface area contributed by atoms with Gasteiger partial charge in [0.25, 0.3) is 5.91 Å². The summed E-state index contributed by atoms with van der Waals surface area (Å²) in [4.78, 5) is 27.3. The summed E-state index contributed by atoms with van der Waals surface area (Å²) in [6.07, 6.45) is -1.67. The summed E-state index contributed by atoms with van der Waals surface area (Å²) >= 11 is 0. The van der Waals surface area contributed by atoms with Crippen molar-refractivity contribution in [2.45, 2.75) is 6.18 Å². The van der Waals surface area contributed by atoms with E-state index in [-0.39, 0.29) is 22.5 Å². The predicted molar refractivity (Wildman–Crippen MR) is 114 cm³/mol. The van der Waals surface area contributed by atoms with Gasteiger partial charge in [0.15, 0.2) is 0 Å². The van der Waals surface area contributed by atoms with Gasteiger partial charge in [0.1, 0.15) is 5.70 Å². The minimum Gasteiger partial charge on any atom is -0.382 e. The van der Waals surface area contributed by atoms with Gasteiger partial charge in [0.2, 0.25) is 5.78 Å². The van der Waals surface area contributed by atoms with Crippen LogP contribution in [0.25, 0.3) is 11.3 Å². The van der Waals surface area contributed by atoms with Crippen molar-refractivity contribution in [2.24, 2.45) is 7.05 Å². The van der Waals surface area contributed by atoms with Gasteiger partial charge in [-0.1, -0.05) is 30.3 Å². The largest absolute Gasteiger partial charge is 0.417 e. The summed E-state index contributed by atoms with van der Waals surface area (Å²) in [6, 6.07) is 12.8. The Morgan fingerprint density at radius 1 is 1.03 bits per heavy atom. The maximum absolute atomic E-state index is 13.5. The van der Waals surface area contributed by atoms with Crippen LogP contribution in [-0.2, 0) is 13.2 Å². The SMILES string of the molecule is CN(C)/C=C(/NC(=O)c1ccc(C(F)(F)F)c(-c2ccn(C)n2)c1)C(=O)c1ccccc1. The number of aromatic nitrogens is 2. The molecule has 9 heteroatoms. The Morgan fingerprint density at radius 2 is 1.72 bits per heavy atom. The molecule has 0 aliphatic heterocycles. The van der Waals surface area contributed by atoms with Crippen molar-refractivity contribution in [1.29, 1.82) is 0 Å². The second-order valence-corrected chi connectivity index (χ2v) is 7.29. The van der Waals surface area contributed by atoms with Crippen molar-refractivity contribution in [3.8, 4) is 11.3 Å². The maximum Gasteiger partial charge on any atom is 0.417 e. The number of amides is 1. The van der Waals surface area contributed by atoms with Crippen molar-refractivity contribution >= 4 is 11.7 Å². The highest BCUT2D eigenvalue weighted by atomic mass is 19.4. The van der Waals surface area contributed by atoms with Crippen molar-refractivity contribution in [3.05, 3.63) is 89.4 Å². The monoisotopic (exact) mass is 442 g/mol. The van der Waals surface area contributed by atoms with Crippen LogP contribution in [0.4, 0.5) is 13.2 Å². The Hall–Kier alpha value is -3.88. The molecular weight excluding hydrogens is 421 g/mol. The third-order valence-electron chi connectivity index (χ3n) is 4.49. The van der Waals surface area contributed by atoms with Gasteiger partial charge in [-0.25, -0.2) is 0 Å². The molecule has 0 aliphatic rings. The lowest BCUT2D eigenvalue weighted by Gasteiger charge is -2.15. The number of ketones is 1. The molecule has 166 valence electrons. The Kier molecular flexibility index (Phi) is 6.47. The lowest BCUT2D eigenvalue weighted by molar-refractivity contribution is -0.137. The number of rotatable bonds is 6. The van der Waals surface area contributed by atoms with E-state index >= 15 is 0 Å². The molecule has 1 N–H and O–H groups in total. The zero-order valence-corrected chi connectivity index (χ0v) is 17.6. The molecule has 3 rings (SSSR count). The Bertz CT molecular complexity index is 1170. The third kappa shape index (κ3) is 5.23. The fraction of sp³-hybridized carbons (Fsp3) is 0.174. The quantitative estimate of drug-likeness (QED) is 0.461. The van der Waals surface area contributed by atoms with E-state index in [0.29, 0.717) is 5.56 Å². The summed E-state index contributed by atoms with van der Waals surface area (Å²) in [5, 5.41) is 6.57. The summed E-state index contributed by atoms with van der Waals surface area (Å²) in [6.45, 7) is 0. The van der Waals surface area contributed by atoms with Gasteiger partial charge in [-0.05, 0) is 24.3 Å². The number of carbonyl (C=O) groups excluding carboxylic acids is 2. The summed E-state index contributed by atoms with van der Waals surface area (Å²) in [7, 11) is 4.95. The molecule has 32 heavy (non-hydrogen) atoms. The maximum atomic E-state index is 13.5. The molecule has 0 saturated heterocycles. The molecule has 0 atom stereocenters. The van der Waals surface area contributed by atoms with E-state index < -0.39 is 23.4 Å². The number of nitrogens with one attached hydrogen (secondary N) is 1. The number of hydrogen-bond acceptors (Lipinski definition) is 4. The number of Topliss-reactive ketones (excluding diaryl/α,β-unsaturated/α-hetero) is 1. The average molecular weight is 442 g/mol. The minimum absolute atomic E-state index is 0.00881. The molecule has 0 saturated carbocycles. The smallest absolute Gasteiger partial charge is 0.382 e. The topological polar surface area (TPSA) is 67.2 Å². The Balaban J connectivity index is 1.98.